The number of aromatic nitrogens is 1. The third-order valence-electron chi connectivity index (χ3n) is 6.80. The van der Waals surface area contributed by atoms with Gasteiger partial charge in [0, 0.05) is 11.1 Å². The van der Waals surface area contributed by atoms with E-state index in [1.807, 2.05) is 54.0 Å². The zero-order valence-electron chi connectivity index (χ0n) is 23.6. The maximum Gasteiger partial charge on any atom is 0.255 e. The number of rotatable bonds is 19. The van der Waals surface area contributed by atoms with Crippen LogP contribution in [0.2, 0.25) is 0 Å². The Morgan fingerprint density at radius 2 is 1.51 bits per heavy atom. The summed E-state index contributed by atoms with van der Waals surface area (Å²) in [5.41, 5.74) is 4.46. The van der Waals surface area contributed by atoms with Gasteiger partial charge in [0.05, 0.1) is 24.8 Å². The van der Waals surface area contributed by atoms with E-state index in [1.165, 1.54) is 64.2 Å². The molecule has 1 heterocycles. The van der Waals surface area contributed by atoms with E-state index in [0.717, 1.165) is 24.9 Å². The van der Waals surface area contributed by atoms with Crippen molar-refractivity contribution < 1.29 is 35.8 Å². The molecule has 2 aromatic carbocycles. The highest BCUT2D eigenvalue weighted by atomic mass is 79.9. The number of hydrogen-bond donors (Lipinski definition) is 1. The standard InChI is InChI=1S/C32H44N2O3S.BrH/c1-3-4-5-6-7-8-9-10-11-12-13-14-23-37-31-29(16-15-17-30(31)36-2)33-32(35)28-20-18-27(19-21-28)25-34-22-24-38-26-34;/h15-22,24,26H,3-14,23,25H2,1-2H3;1H. The molecule has 1 aromatic heterocycles. The SMILES string of the molecule is CCCCCCCCCCCCCCOc1c(NC(=O)c2ccc(C[n+]3ccsc3)cc2)cccc1OC.[Br-]. The Morgan fingerprint density at radius 3 is 2.10 bits per heavy atom. The average molecular weight is 618 g/mol. The van der Waals surface area contributed by atoms with Crippen molar-refractivity contribution in [1.29, 1.82) is 0 Å². The van der Waals surface area contributed by atoms with E-state index >= 15 is 0 Å². The predicted octanol–water partition coefficient (Wildman–Crippen LogP) is 5.43. The van der Waals surface area contributed by atoms with Gasteiger partial charge in [-0.2, -0.15) is 4.57 Å². The van der Waals surface area contributed by atoms with Crippen molar-refractivity contribution in [1.82, 2.24) is 0 Å². The van der Waals surface area contributed by atoms with Gasteiger partial charge in [0.15, 0.2) is 24.2 Å². The summed E-state index contributed by atoms with van der Waals surface area (Å²) < 4.78 is 13.8. The molecule has 0 bridgehead atoms. The highest BCUT2D eigenvalue weighted by Crippen LogP contribution is 2.35. The number of anilines is 1. The molecule has 214 valence electrons. The van der Waals surface area contributed by atoms with Gasteiger partial charge < -0.3 is 31.8 Å². The van der Waals surface area contributed by atoms with Crippen molar-refractivity contribution in [3.63, 3.8) is 0 Å². The van der Waals surface area contributed by atoms with E-state index in [4.69, 9.17) is 9.47 Å². The molecule has 39 heavy (non-hydrogen) atoms. The minimum absolute atomic E-state index is 0. The summed E-state index contributed by atoms with van der Waals surface area (Å²) in [6.45, 7) is 3.67. The minimum atomic E-state index is -0.164. The van der Waals surface area contributed by atoms with Crippen molar-refractivity contribution in [3.8, 4) is 11.5 Å². The molecule has 0 saturated carbocycles. The van der Waals surface area contributed by atoms with E-state index < -0.39 is 0 Å². The number of thiazole rings is 1. The second-order valence-corrected chi connectivity index (χ2v) is 10.7. The lowest BCUT2D eigenvalue weighted by molar-refractivity contribution is -0.683. The molecule has 0 aliphatic heterocycles. The number of halogens is 1. The van der Waals surface area contributed by atoms with Gasteiger partial charge in [-0.15, -0.1) is 0 Å². The van der Waals surface area contributed by atoms with Crippen LogP contribution in [0, 0.1) is 0 Å². The van der Waals surface area contributed by atoms with E-state index in [2.05, 4.69) is 22.3 Å². The molecule has 1 N–H and O–H groups in total. The number of carbonyl (C=O) groups is 1. The molecule has 0 unspecified atom stereocenters. The topological polar surface area (TPSA) is 51.4 Å². The number of para-hydroxylation sites is 1. The molecule has 3 aromatic rings. The molecular formula is C32H45BrN2O3S. The van der Waals surface area contributed by atoms with Gasteiger partial charge >= 0.3 is 0 Å². The first-order valence-corrected chi connectivity index (χ1v) is 15.3. The van der Waals surface area contributed by atoms with E-state index in [9.17, 15) is 4.79 Å². The minimum Gasteiger partial charge on any atom is -1.00 e. The molecule has 3 rings (SSSR count). The fraction of sp³-hybridized carbons (Fsp3) is 0.500. The molecule has 0 aliphatic carbocycles. The molecule has 5 nitrogen and oxygen atoms in total. The van der Waals surface area contributed by atoms with Crippen LogP contribution in [0.4, 0.5) is 5.69 Å². The normalized spacial score (nSPS) is 10.6. The lowest BCUT2D eigenvalue weighted by Gasteiger charge is -2.16. The molecule has 7 heteroatoms. The fourth-order valence-corrected chi connectivity index (χ4v) is 5.16. The van der Waals surface area contributed by atoms with E-state index in [0.29, 0.717) is 29.4 Å². The van der Waals surface area contributed by atoms with Gasteiger partial charge in [0.2, 0.25) is 5.51 Å². The number of methoxy groups -OCH3 is 1. The van der Waals surface area contributed by atoms with Crippen LogP contribution in [0.3, 0.4) is 0 Å². The average Bonchev–Trinajstić information content (AvgIpc) is 3.45. The summed E-state index contributed by atoms with van der Waals surface area (Å²) in [7, 11) is 1.63. The van der Waals surface area contributed by atoms with Crippen LogP contribution < -0.4 is 36.3 Å². The van der Waals surface area contributed by atoms with Crippen LogP contribution in [0.1, 0.15) is 99.9 Å². The van der Waals surface area contributed by atoms with Gasteiger partial charge in [-0.3, -0.25) is 4.79 Å². The Morgan fingerprint density at radius 1 is 0.872 bits per heavy atom. The molecular weight excluding hydrogens is 572 g/mol. The summed E-state index contributed by atoms with van der Waals surface area (Å²) >= 11 is 1.66. The second-order valence-electron chi connectivity index (χ2n) is 9.92. The molecule has 0 aliphatic rings. The number of unbranched alkanes of at least 4 members (excludes halogenated alkanes) is 11. The van der Waals surface area contributed by atoms with Crippen LogP contribution in [0.5, 0.6) is 11.5 Å². The molecule has 0 spiro atoms. The van der Waals surface area contributed by atoms with Gasteiger partial charge in [0.25, 0.3) is 5.91 Å². The fourth-order valence-electron chi connectivity index (χ4n) is 4.56. The Labute approximate surface area is 249 Å². The van der Waals surface area contributed by atoms with Crippen LogP contribution in [-0.2, 0) is 6.54 Å². The molecule has 0 fully saturated rings. The maximum absolute atomic E-state index is 13.0. The van der Waals surface area contributed by atoms with E-state index in [-0.39, 0.29) is 22.9 Å². The summed E-state index contributed by atoms with van der Waals surface area (Å²) in [5.74, 6) is 1.06. The van der Waals surface area contributed by atoms with Crippen LogP contribution >= 0.6 is 11.3 Å². The Balaban J connectivity index is 0.00000533. The summed E-state index contributed by atoms with van der Waals surface area (Å²) in [4.78, 5) is 13.0. The smallest absolute Gasteiger partial charge is 0.255 e. The number of nitrogens with one attached hydrogen (secondary N) is 1. The number of ether oxygens (including phenoxy) is 2. The Bertz CT molecular complexity index is 1060. The monoisotopic (exact) mass is 616 g/mol. The van der Waals surface area contributed by atoms with Crippen LogP contribution in [0.15, 0.2) is 59.6 Å². The number of amides is 1. The van der Waals surface area contributed by atoms with Gasteiger partial charge in [0.1, 0.15) is 0 Å². The van der Waals surface area contributed by atoms with Crippen molar-refractivity contribution in [2.45, 2.75) is 90.5 Å². The first kappa shape index (κ1) is 32.8. The lowest BCUT2D eigenvalue weighted by Crippen LogP contribution is -3.00. The first-order chi connectivity index (χ1) is 18.7. The summed E-state index contributed by atoms with van der Waals surface area (Å²) in [6, 6.07) is 13.3. The maximum atomic E-state index is 13.0. The third kappa shape index (κ3) is 12.1. The molecule has 1 amide bonds. The van der Waals surface area contributed by atoms with Crippen molar-refractivity contribution in [2.24, 2.45) is 0 Å². The third-order valence-corrected chi connectivity index (χ3v) is 7.47. The number of nitrogens with zero attached hydrogens (tertiary/aromatic N) is 1. The zero-order chi connectivity index (χ0) is 26.8. The highest BCUT2D eigenvalue weighted by Gasteiger charge is 2.15. The number of benzene rings is 2. The first-order valence-electron chi connectivity index (χ1n) is 14.3. The highest BCUT2D eigenvalue weighted by molar-refractivity contribution is 7.07. The molecule has 0 radical (unpaired) electrons. The largest absolute Gasteiger partial charge is 1.00 e. The molecule has 0 saturated heterocycles. The second kappa shape index (κ2) is 19.6. The van der Waals surface area contributed by atoms with Crippen LogP contribution in [0.25, 0.3) is 0 Å². The van der Waals surface area contributed by atoms with Crippen molar-refractivity contribution in [2.75, 3.05) is 19.0 Å². The number of carbonyl (C=O) groups excluding carboxylic acids is 1. The quantitative estimate of drug-likeness (QED) is 0.144. The molecule has 0 atom stereocenters. The Kier molecular flexibility index (Phi) is 16.5. The van der Waals surface area contributed by atoms with Crippen molar-refractivity contribution in [3.05, 3.63) is 70.7 Å². The van der Waals surface area contributed by atoms with Gasteiger partial charge in [-0.25, -0.2) is 0 Å². The summed E-state index contributed by atoms with van der Waals surface area (Å²) in [6.07, 6.45) is 17.7. The van der Waals surface area contributed by atoms with Crippen molar-refractivity contribution >= 4 is 22.9 Å². The van der Waals surface area contributed by atoms with Gasteiger partial charge in [-0.1, -0.05) is 107 Å². The summed E-state index contributed by atoms with van der Waals surface area (Å²) in [5, 5.41) is 5.06. The Hall–Kier alpha value is -2.38. The van der Waals surface area contributed by atoms with Crippen LogP contribution in [-0.4, -0.2) is 19.6 Å². The number of hydrogen-bond acceptors (Lipinski definition) is 4. The predicted molar refractivity (Wildman–Crippen MR) is 158 cm³/mol. The van der Waals surface area contributed by atoms with Gasteiger partial charge in [-0.05, 0) is 30.7 Å². The van der Waals surface area contributed by atoms with E-state index in [1.54, 1.807) is 18.4 Å². The lowest BCUT2D eigenvalue weighted by atomic mass is 10.1. The zero-order valence-corrected chi connectivity index (χ0v) is 26.0.